The van der Waals surface area contributed by atoms with Gasteiger partial charge in [-0.3, -0.25) is 4.98 Å². The number of aromatic nitrogens is 1. The first-order valence-electron chi connectivity index (χ1n) is 7.08. The van der Waals surface area contributed by atoms with Gasteiger partial charge in [0.25, 0.3) is 0 Å². The van der Waals surface area contributed by atoms with Crippen LogP contribution in [-0.2, 0) is 12.8 Å². The Hall–Kier alpha value is -2.56. The first kappa shape index (κ1) is 15.3. The molecule has 0 aliphatic carbocycles. The zero-order valence-electron chi connectivity index (χ0n) is 12.4. The standard InChI is InChI=1S/C18H14F3NO/c1-12-8-13-4-3-7-22-17(13)9-14(12)11-23-16-6-2-5-15(10-16)18(19,20)21/h2-10H,11H2,1H3. The number of alkyl halides is 3. The third-order valence-electron chi connectivity index (χ3n) is 3.62. The predicted octanol–water partition coefficient (Wildman–Crippen LogP) is 5.14. The molecule has 0 saturated heterocycles. The Labute approximate surface area is 131 Å². The van der Waals surface area contributed by atoms with E-state index < -0.39 is 11.7 Å². The van der Waals surface area contributed by atoms with Crippen molar-refractivity contribution in [2.75, 3.05) is 0 Å². The van der Waals surface area contributed by atoms with E-state index in [4.69, 9.17) is 4.74 Å². The molecule has 0 aliphatic rings. The largest absolute Gasteiger partial charge is 0.489 e. The van der Waals surface area contributed by atoms with Crippen molar-refractivity contribution in [2.45, 2.75) is 19.7 Å². The summed E-state index contributed by atoms with van der Waals surface area (Å²) in [4.78, 5) is 4.28. The summed E-state index contributed by atoms with van der Waals surface area (Å²) in [7, 11) is 0. The van der Waals surface area contributed by atoms with Gasteiger partial charge in [-0.05, 0) is 54.4 Å². The van der Waals surface area contributed by atoms with Crippen LogP contribution in [0.2, 0.25) is 0 Å². The number of aryl methyl sites for hydroxylation is 1. The monoisotopic (exact) mass is 317 g/mol. The molecular weight excluding hydrogens is 303 g/mol. The lowest BCUT2D eigenvalue weighted by Crippen LogP contribution is -2.05. The maximum absolute atomic E-state index is 12.7. The van der Waals surface area contributed by atoms with E-state index in [1.807, 2.05) is 31.2 Å². The average Bonchev–Trinajstić information content (AvgIpc) is 2.52. The molecule has 3 aromatic rings. The second kappa shape index (κ2) is 5.91. The van der Waals surface area contributed by atoms with Crippen LogP contribution in [0.25, 0.3) is 10.9 Å². The molecule has 0 atom stereocenters. The maximum Gasteiger partial charge on any atom is 0.416 e. The fourth-order valence-corrected chi connectivity index (χ4v) is 2.36. The van der Waals surface area contributed by atoms with Crippen molar-refractivity contribution in [3.63, 3.8) is 0 Å². The van der Waals surface area contributed by atoms with E-state index in [1.54, 1.807) is 6.20 Å². The van der Waals surface area contributed by atoms with Gasteiger partial charge in [0.05, 0.1) is 11.1 Å². The summed E-state index contributed by atoms with van der Waals surface area (Å²) in [6.07, 6.45) is -2.67. The van der Waals surface area contributed by atoms with Crippen molar-refractivity contribution < 1.29 is 17.9 Å². The molecule has 0 bridgehead atoms. The van der Waals surface area contributed by atoms with E-state index in [-0.39, 0.29) is 12.4 Å². The summed E-state index contributed by atoms with van der Waals surface area (Å²) in [6, 6.07) is 12.6. The van der Waals surface area contributed by atoms with E-state index >= 15 is 0 Å². The van der Waals surface area contributed by atoms with E-state index in [2.05, 4.69) is 4.98 Å². The zero-order chi connectivity index (χ0) is 16.4. The van der Waals surface area contributed by atoms with E-state index in [0.717, 1.165) is 34.2 Å². The Morgan fingerprint density at radius 2 is 1.87 bits per heavy atom. The highest BCUT2D eigenvalue weighted by Crippen LogP contribution is 2.31. The number of halogens is 3. The lowest BCUT2D eigenvalue weighted by molar-refractivity contribution is -0.137. The lowest BCUT2D eigenvalue weighted by Gasteiger charge is -2.12. The fraction of sp³-hybridized carbons (Fsp3) is 0.167. The minimum absolute atomic E-state index is 0.194. The second-order valence-corrected chi connectivity index (χ2v) is 5.29. The summed E-state index contributed by atoms with van der Waals surface area (Å²) < 4.78 is 43.6. The quantitative estimate of drug-likeness (QED) is 0.667. The first-order valence-corrected chi connectivity index (χ1v) is 7.08. The van der Waals surface area contributed by atoms with E-state index in [1.165, 1.54) is 12.1 Å². The molecule has 2 aromatic carbocycles. The summed E-state index contributed by atoms with van der Waals surface area (Å²) in [5, 5.41) is 1.02. The fourth-order valence-electron chi connectivity index (χ4n) is 2.36. The molecule has 0 aliphatic heterocycles. The van der Waals surface area contributed by atoms with Crippen LogP contribution in [0.3, 0.4) is 0 Å². The molecule has 0 fully saturated rings. The van der Waals surface area contributed by atoms with Crippen LogP contribution >= 0.6 is 0 Å². The van der Waals surface area contributed by atoms with Crippen molar-refractivity contribution in [1.82, 2.24) is 4.98 Å². The number of rotatable bonds is 3. The summed E-state index contributed by atoms with van der Waals surface area (Å²) in [6.45, 7) is 2.14. The van der Waals surface area contributed by atoms with Gasteiger partial charge in [0.15, 0.2) is 0 Å². The van der Waals surface area contributed by atoms with E-state index in [9.17, 15) is 13.2 Å². The number of pyridine rings is 1. The molecule has 0 radical (unpaired) electrons. The molecule has 1 aromatic heterocycles. The van der Waals surface area contributed by atoms with Crippen LogP contribution in [0, 0.1) is 6.92 Å². The van der Waals surface area contributed by atoms with Gasteiger partial charge in [-0.25, -0.2) is 0 Å². The number of hydrogen-bond donors (Lipinski definition) is 0. The molecule has 23 heavy (non-hydrogen) atoms. The highest BCUT2D eigenvalue weighted by Gasteiger charge is 2.30. The third-order valence-corrected chi connectivity index (χ3v) is 3.62. The van der Waals surface area contributed by atoms with Gasteiger partial charge in [-0.15, -0.1) is 0 Å². The Balaban J connectivity index is 1.82. The molecule has 3 rings (SSSR count). The number of nitrogens with zero attached hydrogens (tertiary/aromatic N) is 1. The summed E-state index contributed by atoms with van der Waals surface area (Å²) >= 11 is 0. The summed E-state index contributed by atoms with van der Waals surface area (Å²) in [5.74, 6) is 0.195. The highest BCUT2D eigenvalue weighted by atomic mass is 19.4. The first-order chi connectivity index (χ1) is 10.9. The molecule has 118 valence electrons. The molecule has 1 heterocycles. The van der Waals surface area contributed by atoms with Crippen molar-refractivity contribution >= 4 is 10.9 Å². The zero-order valence-corrected chi connectivity index (χ0v) is 12.4. The van der Waals surface area contributed by atoms with Gasteiger partial charge < -0.3 is 4.74 Å². The molecule has 0 N–H and O–H groups in total. The van der Waals surface area contributed by atoms with Crippen LogP contribution in [-0.4, -0.2) is 4.98 Å². The number of benzene rings is 2. The highest BCUT2D eigenvalue weighted by molar-refractivity contribution is 5.80. The normalized spacial score (nSPS) is 11.7. The van der Waals surface area contributed by atoms with Gasteiger partial charge in [-0.2, -0.15) is 13.2 Å². The topological polar surface area (TPSA) is 22.1 Å². The van der Waals surface area contributed by atoms with E-state index in [0.29, 0.717) is 0 Å². The van der Waals surface area contributed by atoms with Crippen LogP contribution in [0.4, 0.5) is 13.2 Å². The van der Waals surface area contributed by atoms with Crippen LogP contribution in [0.5, 0.6) is 5.75 Å². The van der Waals surface area contributed by atoms with Crippen molar-refractivity contribution in [2.24, 2.45) is 0 Å². The average molecular weight is 317 g/mol. The van der Waals surface area contributed by atoms with Gasteiger partial charge in [0, 0.05) is 11.6 Å². The second-order valence-electron chi connectivity index (χ2n) is 5.29. The summed E-state index contributed by atoms with van der Waals surface area (Å²) in [5.41, 5.74) is 2.03. The van der Waals surface area contributed by atoms with Crippen molar-refractivity contribution in [3.8, 4) is 5.75 Å². The Morgan fingerprint density at radius 3 is 2.65 bits per heavy atom. The minimum Gasteiger partial charge on any atom is -0.489 e. The number of hydrogen-bond acceptors (Lipinski definition) is 2. The Bertz CT molecular complexity index is 843. The molecular formula is C18H14F3NO. The molecule has 5 heteroatoms. The van der Waals surface area contributed by atoms with Crippen LogP contribution < -0.4 is 4.74 Å². The van der Waals surface area contributed by atoms with Gasteiger partial charge in [0.2, 0.25) is 0 Å². The molecule has 0 unspecified atom stereocenters. The SMILES string of the molecule is Cc1cc2cccnc2cc1COc1cccc(C(F)(F)F)c1. The Morgan fingerprint density at radius 1 is 1.04 bits per heavy atom. The third kappa shape index (κ3) is 3.44. The molecule has 2 nitrogen and oxygen atoms in total. The Kier molecular flexibility index (Phi) is 3.94. The van der Waals surface area contributed by atoms with Crippen LogP contribution in [0.15, 0.2) is 54.7 Å². The predicted molar refractivity (Wildman–Crippen MR) is 82.3 cm³/mol. The van der Waals surface area contributed by atoms with Crippen molar-refractivity contribution in [1.29, 1.82) is 0 Å². The lowest BCUT2D eigenvalue weighted by atomic mass is 10.1. The van der Waals surface area contributed by atoms with Gasteiger partial charge in [0.1, 0.15) is 12.4 Å². The molecule has 0 saturated carbocycles. The van der Waals surface area contributed by atoms with Gasteiger partial charge >= 0.3 is 6.18 Å². The van der Waals surface area contributed by atoms with Crippen LogP contribution in [0.1, 0.15) is 16.7 Å². The smallest absolute Gasteiger partial charge is 0.416 e. The molecule has 0 amide bonds. The van der Waals surface area contributed by atoms with Crippen molar-refractivity contribution in [3.05, 3.63) is 71.4 Å². The minimum atomic E-state index is -4.37. The van der Waals surface area contributed by atoms with Gasteiger partial charge in [-0.1, -0.05) is 12.1 Å². The number of ether oxygens (including phenoxy) is 1. The maximum atomic E-state index is 12.7. The number of fused-ring (bicyclic) bond motifs is 1. The molecule has 0 spiro atoms.